The monoisotopic (exact) mass is 325 g/mol. The summed E-state index contributed by atoms with van der Waals surface area (Å²) in [4.78, 5) is 10.9. The third-order valence-corrected chi connectivity index (χ3v) is 5.00. The molecule has 2 aliphatic rings. The highest BCUT2D eigenvalue weighted by Gasteiger charge is 2.43. The van der Waals surface area contributed by atoms with Gasteiger partial charge in [-0.15, -0.1) is 0 Å². The zero-order valence-electron chi connectivity index (χ0n) is 13.8. The molecule has 2 fully saturated rings. The quantitative estimate of drug-likeness (QED) is 0.865. The molecule has 2 saturated heterocycles. The summed E-state index contributed by atoms with van der Waals surface area (Å²) < 4.78 is 12.1. The van der Waals surface area contributed by atoms with E-state index < -0.39 is 0 Å². The molecular formula is C19H23N3O2. The number of hydrogen-bond acceptors (Lipinski definition) is 5. The second kappa shape index (κ2) is 6.87. The van der Waals surface area contributed by atoms with E-state index in [9.17, 15) is 0 Å². The minimum atomic E-state index is -0.00904. The van der Waals surface area contributed by atoms with E-state index in [1.54, 1.807) is 6.20 Å². The minimum Gasteiger partial charge on any atom is -0.472 e. The van der Waals surface area contributed by atoms with Crippen molar-refractivity contribution in [1.29, 1.82) is 0 Å². The van der Waals surface area contributed by atoms with Gasteiger partial charge in [0.1, 0.15) is 6.10 Å². The van der Waals surface area contributed by atoms with Crippen molar-refractivity contribution < 1.29 is 9.47 Å². The van der Waals surface area contributed by atoms with Crippen LogP contribution >= 0.6 is 0 Å². The summed E-state index contributed by atoms with van der Waals surface area (Å²) in [6, 6.07) is 9.89. The molecule has 2 aliphatic heterocycles. The molecule has 5 heteroatoms. The van der Waals surface area contributed by atoms with Crippen molar-refractivity contribution in [3.63, 3.8) is 0 Å². The zero-order chi connectivity index (χ0) is 16.2. The summed E-state index contributed by atoms with van der Waals surface area (Å²) in [5.41, 5.74) is 1.27. The Morgan fingerprint density at radius 2 is 2.08 bits per heavy atom. The molecule has 0 N–H and O–H groups in total. The molecule has 0 unspecified atom stereocenters. The van der Waals surface area contributed by atoms with Gasteiger partial charge < -0.3 is 9.47 Å². The molecule has 2 aromatic rings. The van der Waals surface area contributed by atoms with Gasteiger partial charge in [-0.2, -0.15) is 0 Å². The summed E-state index contributed by atoms with van der Waals surface area (Å²) in [6.07, 6.45) is 8.74. The largest absolute Gasteiger partial charge is 0.472 e. The molecule has 0 aromatic carbocycles. The molecule has 1 spiro atoms. The Morgan fingerprint density at radius 1 is 1.17 bits per heavy atom. The lowest BCUT2D eigenvalue weighted by molar-refractivity contribution is -0.0455. The van der Waals surface area contributed by atoms with E-state index in [0.29, 0.717) is 12.5 Å². The fraction of sp³-hybridized carbons (Fsp3) is 0.474. The maximum atomic E-state index is 6.17. The smallest absolute Gasteiger partial charge is 0.213 e. The van der Waals surface area contributed by atoms with Gasteiger partial charge in [-0.1, -0.05) is 12.1 Å². The first-order valence-corrected chi connectivity index (χ1v) is 8.64. The molecule has 0 amide bonds. The van der Waals surface area contributed by atoms with Gasteiger partial charge in [-0.05, 0) is 30.5 Å². The maximum absolute atomic E-state index is 6.17. The lowest BCUT2D eigenvalue weighted by Crippen LogP contribution is -2.44. The number of hydrogen-bond donors (Lipinski definition) is 0. The lowest BCUT2D eigenvalue weighted by atomic mass is 9.88. The van der Waals surface area contributed by atoms with Crippen molar-refractivity contribution in [2.24, 2.45) is 0 Å². The third-order valence-electron chi connectivity index (χ3n) is 5.00. The summed E-state index contributed by atoms with van der Waals surface area (Å²) >= 11 is 0. The van der Waals surface area contributed by atoms with Crippen LogP contribution in [0.4, 0.5) is 0 Å². The summed E-state index contributed by atoms with van der Waals surface area (Å²) in [5.74, 6) is 0.692. The number of likely N-dealkylation sites (tertiary alicyclic amines) is 1. The van der Waals surface area contributed by atoms with Crippen molar-refractivity contribution in [3.8, 4) is 5.88 Å². The predicted molar refractivity (Wildman–Crippen MR) is 90.7 cm³/mol. The third kappa shape index (κ3) is 3.57. The lowest BCUT2D eigenvalue weighted by Gasteiger charge is -2.38. The first-order valence-electron chi connectivity index (χ1n) is 8.64. The fourth-order valence-electron chi connectivity index (χ4n) is 3.68. The van der Waals surface area contributed by atoms with Gasteiger partial charge in [0.25, 0.3) is 0 Å². The molecule has 0 radical (unpaired) electrons. The van der Waals surface area contributed by atoms with Crippen LogP contribution in [0.3, 0.4) is 0 Å². The highest BCUT2D eigenvalue weighted by molar-refractivity contribution is 5.11. The number of ether oxygens (including phenoxy) is 2. The van der Waals surface area contributed by atoms with Crippen molar-refractivity contribution in [3.05, 3.63) is 54.5 Å². The summed E-state index contributed by atoms with van der Waals surface area (Å²) in [5, 5.41) is 0. The van der Waals surface area contributed by atoms with E-state index in [1.807, 2.05) is 36.7 Å². The Kier molecular flexibility index (Phi) is 4.45. The van der Waals surface area contributed by atoms with Crippen molar-refractivity contribution in [1.82, 2.24) is 14.9 Å². The van der Waals surface area contributed by atoms with Gasteiger partial charge in [0.05, 0.1) is 12.2 Å². The molecule has 24 heavy (non-hydrogen) atoms. The Hall–Kier alpha value is -1.98. The Morgan fingerprint density at radius 3 is 2.83 bits per heavy atom. The van der Waals surface area contributed by atoms with Gasteiger partial charge in [0.2, 0.25) is 5.88 Å². The Labute approximate surface area is 142 Å². The molecule has 5 nitrogen and oxygen atoms in total. The molecule has 1 atom stereocenters. The van der Waals surface area contributed by atoms with Gasteiger partial charge in [-0.25, -0.2) is 4.98 Å². The topological polar surface area (TPSA) is 47.5 Å². The van der Waals surface area contributed by atoms with Crippen LogP contribution in [-0.4, -0.2) is 46.3 Å². The summed E-state index contributed by atoms with van der Waals surface area (Å²) in [7, 11) is 0. The van der Waals surface area contributed by atoms with Crippen molar-refractivity contribution >= 4 is 0 Å². The second-order valence-corrected chi connectivity index (χ2v) is 6.74. The summed E-state index contributed by atoms with van der Waals surface area (Å²) in [6.45, 7) is 3.76. The zero-order valence-corrected chi connectivity index (χ0v) is 13.8. The van der Waals surface area contributed by atoms with E-state index in [2.05, 4.69) is 20.9 Å². The van der Waals surface area contributed by atoms with E-state index in [4.69, 9.17) is 9.47 Å². The van der Waals surface area contributed by atoms with Crippen LogP contribution in [0.2, 0.25) is 0 Å². The van der Waals surface area contributed by atoms with Crippen LogP contribution in [0.25, 0.3) is 0 Å². The molecule has 4 rings (SSSR count). The minimum absolute atomic E-state index is 0.00904. The Bertz CT molecular complexity index is 642. The predicted octanol–water partition coefficient (Wildman–Crippen LogP) is 2.68. The average molecular weight is 325 g/mol. The van der Waals surface area contributed by atoms with Crippen LogP contribution in [0, 0.1) is 0 Å². The number of rotatable bonds is 4. The number of pyridine rings is 2. The van der Waals surface area contributed by atoms with Crippen LogP contribution in [0.15, 0.2) is 48.9 Å². The molecular weight excluding hydrogens is 302 g/mol. The SMILES string of the molecule is c1ccc(O[C@H]2COC3(CCN(Cc4cccnc4)CC3)C2)nc1. The number of aromatic nitrogens is 2. The fourth-order valence-corrected chi connectivity index (χ4v) is 3.68. The van der Waals surface area contributed by atoms with E-state index >= 15 is 0 Å². The molecule has 0 aliphatic carbocycles. The van der Waals surface area contributed by atoms with Crippen LogP contribution in [-0.2, 0) is 11.3 Å². The molecule has 4 heterocycles. The highest BCUT2D eigenvalue weighted by atomic mass is 16.6. The average Bonchev–Trinajstić information content (AvgIpc) is 3.01. The van der Waals surface area contributed by atoms with Gasteiger partial charge in [-0.3, -0.25) is 9.88 Å². The van der Waals surface area contributed by atoms with E-state index in [1.165, 1.54) is 5.56 Å². The van der Waals surface area contributed by atoms with Gasteiger partial charge in [0, 0.05) is 50.7 Å². The number of nitrogens with zero attached hydrogens (tertiary/aromatic N) is 3. The highest BCUT2D eigenvalue weighted by Crippen LogP contribution is 2.37. The second-order valence-electron chi connectivity index (χ2n) is 6.74. The first-order chi connectivity index (χ1) is 11.8. The van der Waals surface area contributed by atoms with Crippen LogP contribution in [0.5, 0.6) is 5.88 Å². The van der Waals surface area contributed by atoms with Crippen molar-refractivity contribution in [2.45, 2.75) is 37.5 Å². The van der Waals surface area contributed by atoms with Crippen LogP contribution < -0.4 is 4.74 Å². The van der Waals surface area contributed by atoms with E-state index in [0.717, 1.165) is 38.9 Å². The normalized spacial score (nSPS) is 23.4. The van der Waals surface area contributed by atoms with Crippen LogP contribution in [0.1, 0.15) is 24.8 Å². The van der Waals surface area contributed by atoms with Gasteiger partial charge in [0.15, 0.2) is 0 Å². The van der Waals surface area contributed by atoms with E-state index in [-0.39, 0.29) is 11.7 Å². The number of piperidine rings is 1. The first kappa shape index (κ1) is 15.5. The Balaban J connectivity index is 1.29. The molecule has 0 bridgehead atoms. The standard InChI is InChI=1S/C19H23N3O2/c1-2-9-21-18(5-1)24-17-12-19(23-15-17)6-10-22(11-7-19)14-16-4-3-8-20-13-16/h1-5,8-9,13,17H,6-7,10-12,14-15H2/t17-/m1/s1. The molecule has 2 aromatic heterocycles. The molecule has 0 saturated carbocycles. The molecule has 126 valence electrons. The van der Waals surface area contributed by atoms with Gasteiger partial charge >= 0.3 is 0 Å². The maximum Gasteiger partial charge on any atom is 0.213 e. The van der Waals surface area contributed by atoms with Crippen molar-refractivity contribution in [2.75, 3.05) is 19.7 Å².